The molecule has 6 nitrogen and oxygen atoms in total. The van der Waals surface area contributed by atoms with Crippen LogP contribution >= 0.6 is 0 Å². The van der Waals surface area contributed by atoms with Gasteiger partial charge in [0.25, 0.3) is 0 Å². The van der Waals surface area contributed by atoms with Gasteiger partial charge in [-0.25, -0.2) is 9.78 Å². The summed E-state index contributed by atoms with van der Waals surface area (Å²) in [5.41, 5.74) is 0.766. The Morgan fingerprint density at radius 3 is 2.82 bits per heavy atom. The maximum atomic E-state index is 11.4. The van der Waals surface area contributed by atoms with E-state index in [0.29, 0.717) is 12.6 Å². The number of hydrogen-bond acceptors (Lipinski definition) is 4. The number of carbonyl (C=O) groups excluding carboxylic acids is 1. The Labute approximate surface area is 131 Å². The minimum absolute atomic E-state index is 0.390. The smallest absolute Gasteiger partial charge is 0.407 e. The van der Waals surface area contributed by atoms with Crippen molar-refractivity contribution in [1.29, 1.82) is 0 Å². The van der Waals surface area contributed by atoms with Gasteiger partial charge in [0.05, 0.1) is 12.0 Å². The lowest BCUT2D eigenvalue weighted by atomic mass is 10.2. The summed E-state index contributed by atoms with van der Waals surface area (Å²) in [6.45, 7) is 7.57. The number of imidazole rings is 1. The molecule has 6 heteroatoms. The summed E-state index contributed by atoms with van der Waals surface area (Å²) in [4.78, 5) is 15.6. The number of alkyl carbamates (subject to hydrolysis) is 1. The molecule has 1 fully saturated rings. The Hall–Kier alpha value is -1.82. The van der Waals surface area contributed by atoms with E-state index >= 15 is 0 Å². The second kappa shape index (κ2) is 7.45. The van der Waals surface area contributed by atoms with Crippen molar-refractivity contribution in [3.8, 4) is 0 Å². The van der Waals surface area contributed by atoms with Crippen molar-refractivity contribution in [2.24, 2.45) is 0 Å². The zero-order chi connectivity index (χ0) is 16.0. The summed E-state index contributed by atoms with van der Waals surface area (Å²) in [6.07, 6.45) is 9.87. The molecule has 0 aromatic carbocycles. The Kier molecular flexibility index (Phi) is 5.60. The van der Waals surface area contributed by atoms with Crippen LogP contribution in [0.4, 0.5) is 4.79 Å². The summed E-state index contributed by atoms with van der Waals surface area (Å²) in [6, 6.07) is 0.660. The second-order valence-electron chi connectivity index (χ2n) is 6.51. The summed E-state index contributed by atoms with van der Waals surface area (Å²) in [5, 5.41) is 6.03. The van der Waals surface area contributed by atoms with Gasteiger partial charge in [-0.05, 0) is 33.6 Å². The molecule has 0 saturated heterocycles. The molecule has 2 N–H and O–H groups in total. The van der Waals surface area contributed by atoms with Crippen LogP contribution in [0.2, 0.25) is 0 Å². The van der Waals surface area contributed by atoms with Crippen LogP contribution in [-0.4, -0.2) is 34.3 Å². The highest BCUT2D eigenvalue weighted by atomic mass is 16.6. The first-order valence-corrected chi connectivity index (χ1v) is 7.79. The normalized spacial score (nSPS) is 15.2. The number of rotatable bonds is 7. The van der Waals surface area contributed by atoms with Crippen LogP contribution in [0.5, 0.6) is 0 Å². The Morgan fingerprint density at radius 1 is 1.41 bits per heavy atom. The molecule has 1 aromatic heterocycles. The average molecular weight is 306 g/mol. The summed E-state index contributed by atoms with van der Waals surface area (Å²) in [7, 11) is 0. The minimum Gasteiger partial charge on any atom is -0.444 e. The van der Waals surface area contributed by atoms with Crippen LogP contribution in [-0.2, 0) is 11.3 Å². The Balaban J connectivity index is 1.56. The maximum absolute atomic E-state index is 11.4. The van der Waals surface area contributed by atoms with Crippen molar-refractivity contribution in [2.45, 2.75) is 51.8 Å². The lowest BCUT2D eigenvalue weighted by Crippen LogP contribution is -2.32. The van der Waals surface area contributed by atoms with E-state index in [1.54, 1.807) is 0 Å². The molecule has 2 rings (SSSR count). The van der Waals surface area contributed by atoms with Gasteiger partial charge in [-0.3, -0.25) is 0 Å². The molecule has 1 amide bonds. The third kappa shape index (κ3) is 5.89. The van der Waals surface area contributed by atoms with Crippen LogP contribution in [0.1, 0.15) is 45.3 Å². The molecule has 1 aliphatic carbocycles. The molecule has 0 unspecified atom stereocenters. The molecule has 0 radical (unpaired) electrons. The van der Waals surface area contributed by atoms with Crippen molar-refractivity contribution < 1.29 is 9.53 Å². The quantitative estimate of drug-likeness (QED) is 0.599. The minimum atomic E-state index is -0.458. The van der Waals surface area contributed by atoms with Crippen molar-refractivity contribution in [3.63, 3.8) is 0 Å². The molecule has 22 heavy (non-hydrogen) atoms. The molecule has 0 bridgehead atoms. The first-order valence-electron chi connectivity index (χ1n) is 7.79. The van der Waals surface area contributed by atoms with Crippen molar-refractivity contribution >= 4 is 6.09 Å². The number of carbonyl (C=O) groups is 1. The van der Waals surface area contributed by atoms with Crippen LogP contribution in [0, 0.1) is 0 Å². The molecular weight excluding hydrogens is 280 g/mol. The molecule has 1 saturated carbocycles. The fourth-order valence-electron chi connectivity index (χ4n) is 2.06. The fourth-order valence-corrected chi connectivity index (χ4v) is 2.06. The van der Waals surface area contributed by atoms with Crippen LogP contribution in [0.3, 0.4) is 0 Å². The molecule has 1 aromatic rings. The summed E-state index contributed by atoms with van der Waals surface area (Å²) < 4.78 is 7.40. The van der Waals surface area contributed by atoms with Gasteiger partial charge in [0.2, 0.25) is 0 Å². The SMILES string of the molecule is CC(C)(C)OC(=O)NC/C=C/CNCc1cncn1C1CC1. The molecule has 1 heterocycles. The lowest BCUT2D eigenvalue weighted by Gasteiger charge is -2.19. The molecule has 1 aliphatic rings. The zero-order valence-corrected chi connectivity index (χ0v) is 13.6. The first kappa shape index (κ1) is 16.5. The topological polar surface area (TPSA) is 68.2 Å². The van der Waals surface area contributed by atoms with Gasteiger partial charge in [0.15, 0.2) is 0 Å². The van der Waals surface area contributed by atoms with Gasteiger partial charge >= 0.3 is 6.09 Å². The van der Waals surface area contributed by atoms with Crippen LogP contribution in [0.25, 0.3) is 0 Å². The molecular formula is C16H26N4O2. The van der Waals surface area contributed by atoms with Crippen LogP contribution in [0.15, 0.2) is 24.7 Å². The zero-order valence-electron chi connectivity index (χ0n) is 13.6. The van der Waals surface area contributed by atoms with E-state index in [4.69, 9.17) is 4.74 Å². The predicted molar refractivity (Wildman–Crippen MR) is 85.6 cm³/mol. The summed E-state index contributed by atoms with van der Waals surface area (Å²) >= 11 is 0. The maximum Gasteiger partial charge on any atom is 0.407 e. The van der Waals surface area contributed by atoms with E-state index in [9.17, 15) is 4.79 Å². The Morgan fingerprint density at radius 2 is 2.14 bits per heavy atom. The fraction of sp³-hybridized carbons (Fsp3) is 0.625. The number of aromatic nitrogens is 2. The van der Waals surface area contributed by atoms with Gasteiger partial charge in [-0.2, -0.15) is 0 Å². The van der Waals surface area contributed by atoms with Gasteiger partial charge in [-0.15, -0.1) is 0 Å². The van der Waals surface area contributed by atoms with E-state index in [1.165, 1.54) is 18.5 Å². The highest BCUT2D eigenvalue weighted by Gasteiger charge is 2.24. The first-order chi connectivity index (χ1) is 10.5. The van der Waals surface area contributed by atoms with E-state index in [2.05, 4.69) is 20.2 Å². The van der Waals surface area contributed by atoms with Gasteiger partial charge < -0.3 is 19.9 Å². The van der Waals surface area contributed by atoms with Crippen molar-refractivity contribution in [3.05, 3.63) is 30.4 Å². The Bertz CT molecular complexity index is 512. The molecule has 0 aliphatic heterocycles. The van der Waals surface area contributed by atoms with E-state index in [1.807, 2.05) is 45.4 Å². The average Bonchev–Trinajstić information content (AvgIpc) is 3.15. The third-order valence-electron chi connectivity index (χ3n) is 3.18. The van der Waals surface area contributed by atoms with Crippen molar-refractivity contribution in [1.82, 2.24) is 20.2 Å². The number of hydrogen-bond donors (Lipinski definition) is 2. The molecule has 0 spiro atoms. The lowest BCUT2D eigenvalue weighted by molar-refractivity contribution is 0.0534. The number of amides is 1. The molecule has 122 valence electrons. The number of nitrogens with zero attached hydrogens (tertiary/aromatic N) is 2. The predicted octanol–water partition coefficient (Wildman–Crippen LogP) is 2.39. The van der Waals surface area contributed by atoms with Gasteiger partial charge in [-0.1, -0.05) is 12.2 Å². The molecule has 0 atom stereocenters. The van der Waals surface area contributed by atoms with Gasteiger partial charge in [0.1, 0.15) is 5.60 Å². The largest absolute Gasteiger partial charge is 0.444 e. The van der Waals surface area contributed by atoms with E-state index in [0.717, 1.165) is 13.1 Å². The second-order valence-corrected chi connectivity index (χ2v) is 6.51. The monoisotopic (exact) mass is 306 g/mol. The van der Waals surface area contributed by atoms with Crippen LogP contribution < -0.4 is 10.6 Å². The van der Waals surface area contributed by atoms with Gasteiger partial charge in [0, 0.05) is 31.9 Å². The van der Waals surface area contributed by atoms with E-state index < -0.39 is 11.7 Å². The number of ether oxygens (including phenoxy) is 1. The summed E-state index contributed by atoms with van der Waals surface area (Å²) in [5.74, 6) is 0. The standard InChI is InChI=1S/C16H26N4O2/c1-16(2,3)22-15(21)19-9-5-4-8-17-10-14-11-18-12-20(14)13-6-7-13/h4-5,11-13,17H,6-10H2,1-3H3,(H,19,21)/b5-4+. The van der Waals surface area contributed by atoms with E-state index in [-0.39, 0.29) is 0 Å². The third-order valence-corrected chi connectivity index (χ3v) is 3.18. The highest BCUT2D eigenvalue weighted by molar-refractivity contribution is 5.67. The van der Waals surface area contributed by atoms with Crippen molar-refractivity contribution in [2.75, 3.05) is 13.1 Å². The highest BCUT2D eigenvalue weighted by Crippen LogP contribution is 2.35. The number of nitrogens with one attached hydrogen (secondary N) is 2.